The van der Waals surface area contributed by atoms with Crippen LogP contribution >= 0.6 is 0 Å². The molecule has 0 saturated carbocycles. The summed E-state index contributed by atoms with van der Waals surface area (Å²) in [4.78, 5) is 4.14. The molecule has 1 aliphatic rings. The molecule has 3 heteroatoms. The van der Waals surface area contributed by atoms with Crippen LogP contribution in [0.15, 0.2) is 114 Å². The van der Waals surface area contributed by atoms with E-state index < -0.39 is 0 Å². The van der Waals surface area contributed by atoms with Gasteiger partial charge in [0.05, 0.1) is 12.9 Å². The van der Waals surface area contributed by atoms with Gasteiger partial charge in [0.1, 0.15) is 12.4 Å². The number of hydrogen-bond donors (Lipinski definition) is 1. The fourth-order valence-corrected chi connectivity index (χ4v) is 2.15. The highest BCUT2D eigenvalue weighted by Crippen LogP contribution is 2.09. The molecule has 28 heavy (non-hydrogen) atoms. The Kier molecular flexibility index (Phi) is 15.4. The molecule has 0 fully saturated rings. The van der Waals surface area contributed by atoms with Crippen LogP contribution in [0, 0.1) is 0 Å². The highest BCUT2D eigenvalue weighted by Gasteiger charge is 1.99. The molecule has 1 N–H and O–H groups in total. The molecule has 0 aromatic carbocycles. The van der Waals surface area contributed by atoms with Crippen molar-refractivity contribution in [1.29, 1.82) is 0 Å². The molecule has 0 saturated heterocycles. The predicted molar refractivity (Wildman–Crippen MR) is 125 cm³/mol. The van der Waals surface area contributed by atoms with E-state index in [4.69, 9.17) is 4.74 Å². The molecule has 0 aromatic heterocycles. The van der Waals surface area contributed by atoms with Gasteiger partial charge in [0, 0.05) is 5.70 Å². The zero-order valence-corrected chi connectivity index (χ0v) is 17.7. The molecule has 0 unspecified atom stereocenters. The zero-order chi connectivity index (χ0) is 21.0. The lowest BCUT2D eigenvalue weighted by molar-refractivity contribution is 0.256. The van der Waals surface area contributed by atoms with Crippen LogP contribution in [0.3, 0.4) is 0 Å². The number of nitrogens with one attached hydrogen (secondary N) is 1. The van der Waals surface area contributed by atoms with Gasteiger partial charge in [0.2, 0.25) is 0 Å². The molecule has 1 aliphatic heterocycles. The van der Waals surface area contributed by atoms with Gasteiger partial charge in [-0.25, -0.2) is 0 Å². The fourth-order valence-electron chi connectivity index (χ4n) is 2.15. The maximum atomic E-state index is 5.89. The van der Waals surface area contributed by atoms with Crippen LogP contribution < -0.4 is 5.32 Å². The lowest BCUT2D eigenvalue weighted by Gasteiger charge is -2.07. The van der Waals surface area contributed by atoms with Crippen molar-refractivity contribution in [2.75, 3.05) is 13.2 Å². The second kappa shape index (κ2) is 17.3. The molecule has 1 heterocycles. The van der Waals surface area contributed by atoms with E-state index in [0.29, 0.717) is 13.2 Å². The van der Waals surface area contributed by atoms with Gasteiger partial charge in [-0.3, -0.25) is 4.99 Å². The Balaban J connectivity index is 0.00000352. The number of rotatable bonds is 10. The van der Waals surface area contributed by atoms with Crippen molar-refractivity contribution in [2.45, 2.75) is 27.7 Å². The molecule has 0 aliphatic carbocycles. The number of ether oxygens (including phenoxy) is 1. The van der Waals surface area contributed by atoms with E-state index in [9.17, 15) is 0 Å². The van der Waals surface area contributed by atoms with Crippen molar-refractivity contribution in [1.82, 2.24) is 5.32 Å². The van der Waals surface area contributed by atoms with Gasteiger partial charge >= 0.3 is 0 Å². The van der Waals surface area contributed by atoms with Crippen LogP contribution in [0.5, 0.6) is 0 Å². The van der Waals surface area contributed by atoms with E-state index in [1.807, 2.05) is 88.5 Å². The minimum Gasteiger partial charge on any atom is -0.489 e. The average Bonchev–Trinajstić information content (AvgIpc) is 3.21. The normalized spacial score (nSPS) is 16.6. The van der Waals surface area contributed by atoms with Crippen molar-refractivity contribution in [3.63, 3.8) is 0 Å². The molecular formula is C25H34N2O. The minimum absolute atomic E-state index is 0.487. The Labute approximate surface area is 171 Å². The molecule has 1 rings (SSSR count). The molecule has 150 valence electrons. The van der Waals surface area contributed by atoms with E-state index in [-0.39, 0.29) is 0 Å². The third kappa shape index (κ3) is 11.5. The lowest BCUT2D eigenvalue weighted by atomic mass is 10.2. The molecule has 3 nitrogen and oxygen atoms in total. The van der Waals surface area contributed by atoms with Crippen molar-refractivity contribution < 1.29 is 4.74 Å². The standard InChI is InChI=1S/C23H28N2O.C2H6/c1-5-10-20(16-22-17-24-19-25-22)14-9-15-23(13-8-4)26-18-21(11-6-2)12-7-3;1-2/h5-16,19H,1-2,17-18H2,3-4H3,(H,24,25);1-2H3/b12-7-,13-8-,14-9+,20-10-,21-11+,22-16+,23-15+;. The van der Waals surface area contributed by atoms with Crippen molar-refractivity contribution in [3.8, 4) is 0 Å². The summed E-state index contributed by atoms with van der Waals surface area (Å²) in [5.41, 5.74) is 3.15. The minimum atomic E-state index is 0.487. The molecule has 0 bridgehead atoms. The first-order chi connectivity index (χ1) is 13.7. The van der Waals surface area contributed by atoms with Gasteiger partial charge in [0.25, 0.3) is 0 Å². The molecular weight excluding hydrogens is 344 g/mol. The van der Waals surface area contributed by atoms with Gasteiger partial charge in [-0.05, 0) is 43.2 Å². The topological polar surface area (TPSA) is 33.6 Å². The molecule has 0 aromatic rings. The van der Waals surface area contributed by atoms with Gasteiger partial charge in [-0.2, -0.15) is 0 Å². The van der Waals surface area contributed by atoms with Crippen LogP contribution in [0.2, 0.25) is 0 Å². The summed E-state index contributed by atoms with van der Waals surface area (Å²) in [6, 6.07) is 0. The van der Waals surface area contributed by atoms with Crippen molar-refractivity contribution in [2.24, 2.45) is 4.99 Å². The van der Waals surface area contributed by atoms with E-state index in [2.05, 4.69) is 23.5 Å². The number of aliphatic imine (C=N–C) groups is 1. The summed E-state index contributed by atoms with van der Waals surface area (Å²) >= 11 is 0. The van der Waals surface area contributed by atoms with Crippen LogP contribution in [0.4, 0.5) is 0 Å². The Morgan fingerprint density at radius 1 is 1.07 bits per heavy atom. The van der Waals surface area contributed by atoms with Gasteiger partial charge in [-0.1, -0.05) is 81.7 Å². The largest absolute Gasteiger partial charge is 0.489 e. The quantitative estimate of drug-likeness (QED) is 0.354. The molecule has 0 radical (unpaired) electrons. The van der Waals surface area contributed by atoms with Gasteiger partial charge in [0.15, 0.2) is 0 Å². The summed E-state index contributed by atoms with van der Waals surface area (Å²) < 4.78 is 5.89. The monoisotopic (exact) mass is 378 g/mol. The highest BCUT2D eigenvalue weighted by molar-refractivity contribution is 5.62. The highest BCUT2D eigenvalue weighted by atomic mass is 16.5. The Bertz CT molecular complexity index is 701. The van der Waals surface area contributed by atoms with Crippen LogP contribution in [-0.4, -0.2) is 19.5 Å². The smallest absolute Gasteiger partial charge is 0.119 e. The second-order valence-electron chi connectivity index (χ2n) is 5.38. The maximum absolute atomic E-state index is 5.89. The summed E-state index contributed by atoms with van der Waals surface area (Å²) in [5, 5.41) is 3.11. The first kappa shape index (κ1) is 24.9. The number of nitrogens with zero attached hydrogens (tertiary/aromatic N) is 1. The SMILES string of the molecule is C=C/C=C(/C=C/C=C(\C=C/C)OCC(/C=C\C)=C/C=C)\C=C1/CN=CN1.CC. The van der Waals surface area contributed by atoms with Crippen molar-refractivity contribution in [3.05, 3.63) is 109 Å². The second-order valence-corrected chi connectivity index (χ2v) is 5.38. The summed E-state index contributed by atoms with van der Waals surface area (Å²) in [7, 11) is 0. The van der Waals surface area contributed by atoms with Gasteiger partial charge in [-0.15, -0.1) is 0 Å². The summed E-state index contributed by atoms with van der Waals surface area (Å²) in [6.45, 7) is 16.6. The molecule has 0 amide bonds. The summed E-state index contributed by atoms with van der Waals surface area (Å²) in [5.74, 6) is 0.788. The number of hydrogen-bond acceptors (Lipinski definition) is 3. The van der Waals surface area contributed by atoms with Crippen LogP contribution in [0.25, 0.3) is 0 Å². The van der Waals surface area contributed by atoms with Gasteiger partial charge < -0.3 is 10.1 Å². The Hall–Kier alpha value is -3.07. The van der Waals surface area contributed by atoms with E-state index in [1.165, 1.54) is 0 Å². The molecule has 0 spiro atoms. The first-order valence-corrected chi connectivity index (χ1v) is 9.59. The third-order valence-electron chi connectivity index (χ3n) is 3.25. The zero-order valence-electron chi connectivity index (χ0n) is 17.7. The number of allylic oxidation sites excluding steroid dienone is 12. The Morgan fingerprint density at radius 2 is 1.79 bits per heavy atom. The van der Waals surface area contributed by atoms with Crippen LogP contribution in [0.1, 0.15) is 27.7 Å². The van der Waals surface area contributed by atoms with Crippen LogP contribution in [-0.2, 0) is 4.74 Å². The van der Waals surface area contributed by atoms with E-state index in [1.54, 1.807) is 18.5 Å². The van der Waals surface area contributed by atoms with Crippen molar-refractivity contribution >= 4 is 6.34 Å². The molecule has 0 atom stereocenters. The predicted octanol–water partition coefficient (Wildman–Crippen LogP) is 6.36. The lowest BCUT2D eigenvalue weighted by Crippen LogP contribution is -2.04. The van der Waals surface area contributed by atoms with E-state index >= 15 is 0 Å². The fraction of sp³-hybridized carbons (Fsp3) is 0.240. The Morgan fingerprint density at radius 3 is 2.36 bits per heavy atom. The first-order valence-electron chi connectivity index (χ1n) is 9.59. The van der Waals surface area contributed by atoms with E-state index in [0.717, 1.165) is 22.6 Å². The maximum Gasteiger partial charge on any atom is 0.119 e. The summed E-state index contributed by atoms with van der Waals surface area (Å²) in [6.07, 6.45) is 25.0. The third-order valence-corrected chi connectivity index (χ3v) is 3.25. The average molecular weight is 379 g/mol.